The van der Waals surface area contributed by atoms with Gasteiger partial charge in [0.1, 0.15) is 5.02 Å². The van der Waals surface area contributed by atoms with Crippen LogP contribution in [0.1, 0.15) is 6.92 Å². The molecule has 2 aromatic rings. The van der Waals surface area contributed by atoms with E-state index in [1.165, 1.54) is 24.5 Å². The van der Waals surface area contributed by atoms with Gasteiger partial charge in [0.15, 0.2) is 0 Å². The van der Waals surface area contributed by atoms with Gasteiger partial charge in [-0.2, -0.15) is 5.10 Å². The lowest BCUT2D eigenvalue weighted by Crippen LogP contribution is -2.12. The number of benzene rings is 1. The molecule has 0 spiro atoms. The van der Waals surface area contributed by atoms with Gasteiger partial charge in [-0.3, -0.25) is 19.5 Å². The fraction of sp³-hybridized carbons (Fsp3) is 0.182. The van der Waals surface area contributed by atoms with Crippen LogP contribution in [0.15, 0.2) is 35.5 Å². The summed E-state index contributed by atoms with van der Waals surface area (Å²) in [5, 5.41) is 14.6. The number of rotatable bonds is 5. The molecule has 0 fully saturated rings. The Morgan fingerprint density at radius 3 is 2.76 bits per heavy atom. The van der Waals surface area contributed by atoms with E-state index in [1.54, 1.807) is 4.68 Å². The highest BCUT2D eigenvalue weighted by molar-refractivity contribution is 7.92. The molecule has 1 N–H and O–H groups in total. The molecule has 0 amide bonds. The van der Waals surface area contributed by atoms with E-state index >= 15 is 0 Å². The summed E-state index contributed by atoms with van der Waals surface area (Å²) < 4.78 is 28.2. The molecule has 0 bridgehead atoms. The maximum absolute atomic E-state index is 12.2. The quantitative estimate of drug-likeness (QED) is 0.668. The highest BCUT2D eigenvalue weighted by atomic mass is 35.5. The SMILES string of the molecule is CCn1cc(NS(=O)(=O)c2ccc(Cl)c([N+](=O)[O-])c2)cn1. The van der Waals surface area contributed by atoms with Gasteiger partial charge >= 0.3 is 0 Å². The van der Waals surface area contributed by atoms with Gasteiger partial charge in [0.2, 0.25) is 0 Å². The second-order valence-electron chi connectivity index (χ2n) is 4.06. The number of aromatic nitrogens is 2. The number of nitro benzene ring substituents is 1. The van der Waals surface area contributed by atoms with Crippen molar-refractivity contribution in [2.45, 2.75) is 18.4 Å². The molecule has 112 valence electrons. The molecule has 0 aliphatic carbocycles. The third kappa shape index (κ3) is 3.31. The molecule has 2 rings (SSSR count). The van der Waals surface area contributed by atoms with E-state index in [2.05, 4.69) is 9.82 Å². The molecule has 0 atom stereocenters. The Morgan fingerprint density at radius 1 is 1.48 bits per heavy atom. The maximum atomic E-state index is 12.2. The van der Waals surface area contributed by atoms with Crippen molar-refractivity contribution in [3.8, 4) is 0 Å². The first kappa shape index (κ1) is 15.3. The second-order valence-corrected chi connectivity index (χ2v) is 6.15. The minimum Gasteiger partial charge on any atom is -0.276 e. The molecule has 1 aromatic carbocycles. The van der Waals surface area contributed by atoms with E-state index in [1.807, 2.05) is 6.92 Å². The standard InChI is InChI=1S/C11H11ClN4O4S/c1-2-15-7-8(6-13-15)14-21(19,20)9-3-4-10(12)11(5-9)16(17)18/h3-7,14H,2H2,1H3. The van der Waals surface area contributed by atoms with Gasteiger partial charge in [0, 0.05) is 18.8 Å². The summed E-state index contributed by atoms with van der Waals surface area (Å²) in [7, 11) is -3.95. The zero-order valence-electron chi connectivity index (χ0n) is 10.9. The number of aryl methyl sites for hydroxylation is 1. The minimum absolute atomic E-state index is 0.127. The number of anilines is 1. The fourth-order valence-electron chi connectivity index (χ4n) is 1.60. The summed E-state index contributed by atoms with van der Waals surface area (Å²) in [5.41, 5.74) is -0.196. The average molecular weight is 331 g/mol. The van der Waals surface area contributed by atoms with Crippen LogP contribution in [0.5, 0.6) is 0 Å². The Morgan fingerprint density at radius 2 is 2.19 bits per heavy atom. The Hall–Kier alpha value is -2.13. The highest BCUT2D eigenvalue weighted by Gasteiger charge is 2.21. The Balaban J connectivity index is 2.35. The van der Waals surface area contributed by atoms with Gasteiger partial charge in [-0.05, 0) is 19.1 Å². The first-order chi connectivity index (χ1) is 9.83. The zero-order chi connectivity index (χ0) is 15.6. The average Bonchev–Trinajstić information content (AvgIpc) is 2.85. The van der Waals surface area contributed by atoms with Crippen LogP contribution in [0, 0.1) is 10.1 Å². The molecule has 1 heterocycles. The summed E-state index contributed by atoms with van der Waals surface area (Å²) in [6.07, 6.45) is 2.87. The zero-order valence-corrected chi connectivity index (χ0v) is 12.4. The predicted octanol–water partition coefficient (Wildman–Crippen LogP) is 2.27. The van der Waals surface area contributed by atoms with Crippen molar-refractivity contribution in [2.24, 2.45) is 0 Å². The topological polar surface area (TPSA) is 107 Å². The van der Waals surface area contributed by atoms with Crippen molar-refractivity contribution < 1.29 is 13.3 Å². The summed E-state index contributed by atoms with van der Waals surface area (Å²) in [6.45, 7) is 2.45. The molecule has 0 aliphatic heterocycles. The second kappa shape index (κ2) is 5.70. The third-order valence-electron chi connectivity index (χ3n) is 2.63. The molecule has 0 unspecified atom stereocenters. The summed E-state index contributed by atoms with van der Waals surface area (Å²) in [5.74, 6) is 0. The van der Waals surface area contributed by atoms with E-state index in [9.17, 15) is 18.5 Å². The van der Waals surface area contributed by atoms with Crippen LogP contribution < -0.4 is 4.72 Å². The molecule has 0 radical (unpaired) electrons. The number of nitrogens with one attached hydrogen (secondary N) is 1. The number of hydrogen-bond acceptors (Lipinski definition) is 5. The van der Waals surface area contributed by atoms with Crippen LogP contribution in [0.4, 0.5) is 11.4 Å². The van der Waals surface area contributed by atoms with Crippen LogP contribution in [0.2, 0.25) is 5.02 Å². The van der Waals surface area contributed by atoms with Crippen molar-refractivity contribution in [1.29, 1.82) is 0 Å². The first-order valence-electron chi connectivity index (χ1n) is 5.82. The van der Waals surface area contributed by atoms with Gasteiger partial charge in [-0.15, -0.1) is 0 Å². The maximum Gasteiger partial charge on any atom is 0.289 e. The van der Waals surface area contributed by atoms with Crippen LogP contribution in [-0.2, 0) is 16.6 Å². The third-order valence-corrected chi connectivity index (χ3v) is 4.33. The van der Waals surface area contributed by atoms with Crippen LogP contribution in [0.3, 0.4) is 0 Å². The Labute approximate surface area is 125 Å². The van der Waals surface area contributed by atoms with Gasteiger partial charge < -0.3 is 0 Å². The van der Waals surface area contributed by atoms with E-state index in [0.717, 1.165) is 6.07 Å². The molecular weight excluding hydrogens is 320 g/mol. The largest absolute Gasteiger partial charge is 0.289 e. The monoisotopic (exact) mass is 330 g/mol. The van der Waals surface area contributed by atoms with Crippen LogP contribution in [-0.4, -0.2) is 23.1 Å². The molecule has 0 saturated carbocycles. The Bertz CT molecular complexity index is 787. The number of hydrogen-bond donors (Lipinski definition) is 1. The van der Waals surface area contributed by atoms with Crippen molar-refractivity contribution in [2.75, 3.05) is 4.72 Å². The van der Waals surface area contributed by atoms with Gasteiger partial charge in [0.05, 0.1) is 21.7 Å². The normalized spacial score (nSPS) is 11.3. The van der Waals surface area contributed by atoms with Crippen molar-refractivity contribution in [3.63, 3.8) is 0 Å². The first-order valence-corrected chi connectivity index (χ1v) is 7.69. The number of sulfonamides is 1. The minimum atomic E-state index is -3.95. The molecule has 1 aromatic heterocycles. The van der Waals surface area contributed by atoms with E-state index in [4.69, 9.17) is 11.6 Å². The molecule has 8 nitrogen and oxygen atoms in total. The summed E-state index contributed by atoms with van der Waals surface area (Å²) in [6, 6.07) is 3.28. The van der Waals surface area contributed by atoms with Crippen LogP contribution in [0.25, 0.3) is 0 Å². The number of nitro groups is 1. The lowest BCUT2D eigenvalue weighted by molar-refractivity contribution is -0.384. The van der Waals surface area contributed by atoms with Gasteiger partial charge in [0.25, 0.3) is 15.7 Å². The van der Waals surface area contributed by atoms with Gasteiger partial charge in [-0.1, -0.05) is 11.6 Å². The lowest BCUT2D eigenvalue weighted by atomic mass is 10.3. The molecule has 0 saturated heterocycles. The molecule has 21 heavy (non-hydrogen) atoms. The van der Waals surface area contributed by atoms with E-state index < -0.39 is 20.6 Å². The molecular formula is C11H11ClN4O4S. The highest BCUT2D eigenvalue weighted by Crippen LogP contribution is 2.27. The number of nitrogens with zero attached hydrogens (tertiary/aromatic N) is 3. The van der Waals surface area contributed by atoms with Gasteiger partial charge in [-0.25, -0.2) is 8.42 Å². The lowest BCUT2D eigenvalue weighted by Gasteiger charge is -2.06. The van der Waals surface area contributed by atoms with Crippen molar-refractivity contribution >= 4 is 33.0 Å². The predicted molar refractivity (Wildman–Crippen MR) is 76.8 cm³/mol. The van der Waals surface area contributed by atoms with E-state index in [0.29, 0.717) is 6.54 Å². The summed E-state index contributed by atoms with van der Waals surface area (Å²) in [4.78, 5) is 9.81. The smallest absolute Gasteiger partial charge is 0.276 e. The molecule has 0 aliphatic rings. The van der Waals surface area contributed by atoms with Crippen molar-refractivity contribution in [3.05, 3.63) is 45.7 Å². The summed E-state index contributed by atoms with van der Waals surface area (Å²) >= 11 is 5.65. The van der Waals surface area contributed by atoms with Crippen LogP contribution >= 0.6 is 11.6 Å². The van der Waals surface area contributed by atoms with E-state index in [-0.39, 0.29) is 15.6 Å². The van der Waals surface area contributed by atoms with Crippen molar-refractivity contribution in [1.82, 2.24) is 9.78 Å². The number of halogens is 1. The Kier molecular flexibility index (Phi) is 4.14. The molecule has 10 heteroatoms. The fourth-order valence-corrected chi connectivity index (χ4v) is 2.84.